The molecule has 0 heterocycles. The Bertz CT molecular complexity index is 2340. The number of rotatable bonds is 2. The fraction of sp³-hybridized carbons (Fsp3) is 0. The van der Waals surface area contributed by atoms with Crippen LogP contribution < -0.4 is 0 Å². The second-order valence-electron chi connectivity index (χ2n) is 11.1. The molecule has 42 heavy (non-hydrogen) atoms. The highest BCUT2D eigenvalue weighted by atomic mass is 19.2. The quantitative estimate of drug-likeness (QED) is 0.151. The summed E-state index contributed by atoms with van der Waals surface area (Å²) in [5.74, 6) is -1.68. The maximum Gasteiger partial charge on any atom is 0.159 e. The molecule has 0 unspecified atom stereocenters. The van der Waals surface area contributed by atoms with Crippen LogP contribution in [0.15, 0.2) is 133 Å². The van der Waals surface area contributed by atoms with Gasteiger partial charge in [0.15, 0.2) is 11.6 Å². The van der Waals surface area contributed by atoms with Crippen LogP contribution in [0.2, 0.25) is 0 Å². The molecule has 0 aliphatic rings. The van der Waals surface area contributed by atoms with Gasteiger partial charge in [0.2, 0.25) is 0 Å². The van der Waals surface area contributed by atoms with Gasteiger partial charge in [-0.15, -0.1) is 0 Å². The SMILES string of the molecule is Fc1cc2cc3c(-c4ccccc4)c4c5cccc6ccc7cccc(c4c(-c4ccccc4)c3cc2cc1F)c7c65. The lowest BCUT2D eigenvalue weighted by Crippen LogP contribution is -1.95. The maximum absolute atomic E-state index is 14.6. The summed E-state index contributed by atoms with van der Waals surface area (Å²) in [5, 5.41) is 13.0. The summed E-state index contributed by atoms with van der Waals surface area (Å²) in [6.45, 7) is 0. The predicted molar refractivity (Wildman–Crippen MR) is 173 cm³/mol. The van der Waals surface area contributed by atoms with Crippen molar-refractivity contribution in [2.24, 2.45) is 0 Å². The van der Waals surface area contributed by atoms with Gasteiger partial charge in [-0.05, 0) is 111 Å². The first-order chi connectivity index (χ1) is 20.7. The molecule has 0 aliphatic heterocycles. The van der Waals surface area contributed by atoms with Crippen molar-refractivity contribution in [1.29, 1.82) is 0 Å². The zero-order valence-electron chi connectivity index (χ0n) is 22.5. The molecule has 9 aromatic carbocycles. The number of hydrogen-bond acceptors (Lipinski definition) is 0. The zero-order chi connectivity index (χ0) is 27.9. The van der Waals surface area contributed by atoms with Crippen molar-refractivity contribution in [1.82, 2.24) is 0 Å². The molecule has 0 saturated heterocycles. The van der Waals surface area contributed by atoms with Crippen LogP contribution in [-0.4, -0.2) is 0 Å². The number of hydrogen-bond donors (Lipinski definition) is 0. The van der Waals surface area contributed by atoms with Crippen molar-refractivity contribution < 1.29 is 8.78 Å². The molecular formula is C40H22F2. The minimum atomic E-state index is -0.838. The molecule has 9 rings (SSSR count). The summed E-state index contributed by atoms with van der Waals surface area (Å²) in [6.07, 6.45) is 0. The van der Waals surface area contributed by atoms with E-state index in [1.54, 1.807) is 0 Å². The van der Waals surface area contributed by atoms with E-state index in [9.17, 15) is 8.78 Å². The van der Waals surface area contributed by atoms with E-state index in [-0.39, 0.29) is 0 Å². The van der Waals surface area contributed by atoms with Crippen LogP contribution in [0, 0.1) is 11.6 Å². The van der Waals surface area contributed by atoms with Crippen LogP contribution in [0.1, 0.15) is 0 Å². The van der Waals surface area contributed by atoms with Gasteiger partial charge in [0.05, 0.1) is 0 Å². The predicted octanol–water partition coefficient (Wildman–Crippen LogP) is 11.7. The summed E-state index contributed by atoms with van der Waals surface area (Å²) in [4.78, 5) is 0. The molecular weight excluding hydrogens is 518 g/mol. The summed E-state index contributed by atoms with van der Waals surface area (Å²) in [6, 6.07) is 45.2. The third-order valence-corrected chi connectivity index (χ3v) is 8.85. The van der Waals surface area contributed by atoms with E-state index in [2.05, 4.69) is 97.1 Å². The van der Waals surface area contributed by atoms with Crippen molar-refractivity contribution in [2.75, 3.05) is 0 Å². The van der Waals surface area contributed by atoms with Crippen LogP contribution in [0.3, 0.4) is 0 Å². The van der Waals surface area contributed by atoms with Gasteiger partial charge in [0.25, 0.3) is 0 Å². The number of fused-ring (bicyclic) bond motifs is 5. The summed E-state index contributed by atoms with van der Waals surface area (Å²) in [5.41, 5.74) is 4.38. The Morgan fingerprint density at radius 3 is 1.17 bits per heavy atom. The van der Waals surface area contributed by atoms with Crippen LogP contribution in [-0.2, 0) is 0 Å². The third kappa shape index (κ3) is 3.15. The molecule has 0 radical (unpaired) electrons. The lowest BCUT2D eigenvalue weighted by molar-refractivity contribution is 0.511. The second-order valence-corrected chi connectivity index (χ2v) is 11.1. The van der Waals surface area contributed by atoms with Gasteiger partial charge in [0.1, 0.15) is 0 Å². The lowest BCUT2D eigenvalue weighted by Gasteiger charge is -2.23. The summed E-state index contributed by atoms with van der Waals surface area (Å²) in [7, 11) is 0. The monoisotopic (exact) mass is 540 g/mol. The molecule has 0 N–H and O–H groups in total. The van der Waals surface area contributed by atoms with Gasteiger partial charge in [-0.3, -0.25) is 0 Å². The molecule has 0 aliphatic carbocycles. The second kappa shape index (κ2) is 8.58. The molecule has 0 spiro atoms. The topological polar surface area (TPSA) is 0 Å². The molecule has 9 aromatic rings. The third-order valence-electron chi connectivity index (χ3n) is 8.85. The highest BCUT2D eigenvalue weighted by molar-refractivity contribution is 6.41. The van der Waals surface area contributed by atoms with Crippen molar-refractivity contribution >= 4 is 64.6 Å². The Morgan fingerprint density at radius 1 is 0.310 bits per heavy atom. The van der Waals surface area contributed by atoms with Crippen LogP contribution >= 0.6 is 0 Å². The molecule has 0 saturated carbocycles. The lowest BCUT2D eigenvalue weighted by atomic mass is 9.80. The Hall–Kier alpha value is -5.34. The smallest absolute Gasteiger partial charge is 0.159 e. The standard InChI is InChI=1S/C40H22F2/c41-33-21-27-19-31-32(20-28(27)22-34(33)42)38(24-11-5-2-6-12-24)40-30-16-8-14-26-18-17-25-13-7-15-29(35(25)36(26)30)39(40)37(31)23-9-3-1-4-10-23/h1-22H. The van der Waals surface area contributed by atoms with Gasteiger partial charge in [-0.25, -0.2) is 8.78 Å². The van der Waals surface area contributed by atoms with E-state index >= 15 is 0 Å². The molecule has 2 heteroatoms. The molecule has 0 aromatic heterocycles. The maximum atomic E-state index is 14.6. The van der Waals surface area contributed by atoms with Crippen molar-refractivity contribution in [3.63, 3.8) is 0 Å². The minimum absolute atomic E-state index is 0.675. The van der Waals surface area contributed by atoms with Crippen LogP contribution in [0.25, 0.3) is 86.9 Å². The number of halogens is 2. The molecule has 0 fully saturated rings. The van der Waals surface area contributed by atoms with Gasteiger partial charge in [0, 0.05) is 0 Å². The highest BCUT2D eigenvalue weighted by Crippen LogP contribution is 2.51. The van der Waals surface area contributed by atoms with Crippen molar-refractivity contribution in [3.05, 3.63) is 145 Å². The average Bonchev–Trinajstić information content (AvgIpc) is 3.03. The summed E-state index contributed by atoms with van der Waals surface area (Å²) >= 11 is 0. The summed E-state index contributed by atoms with van der Waals surface area (Å²) < 4.78 is 29.1. The van der Waals surface area contributed by atoms with Crippen molar-refractivity contribution in [3.8, 4) is 22.3 Å². The Morgan fingerprint density at radius 2 is 0.738 bits per heavy atom. The largest absolute Gasteiger partial charge is 0.204 e. The van der Waals surface area contributed by atoms with E-state index < -0.39 is 11.6 Å². The van der Waals surface area contributed by atoms with Gasteiger partial charge in [-0.1, -0.05) is 109 Å². The Kier molecular flexibility index (Phi) is 4.77. The molecule has 0 bridgehead atoms. The fourth-order valence-electron chi connectivity index (χ4n) is 7.15. The van der Waals surface area contributed by atoms with Crippen molar-refractivity contribution in [2.45, 2.75) is 0 Å². The first-order valence-electron chi connectivity index (χ1n) is 14.2. The first-order valence-corrected chi connectivity index (χ1v) is 14.2. The number of benzene rings is 9. The average molecular weight is 541 g/mol. The minimum Gasteiger partial charge on any atom is -0.204 e. The van der Waals surface area contributed by atoms with Gasteiger partial charge in [-0.2, -0.15) is 0 Å². The Labute approximate surface area is 240 Å². The van der Waals surface area contributed by atoms with E-state index in [4.69, 9.17) is 0 Å². The van der Waals surface area contributed by atoms with Crippen LogP contribution in [0.4, 0.5) is 8.78 Å². The Balaban J connectivity index is 1.68. The van der Waals surface area contributed by atoms with E-state index in [1.807, 2.05) is 24.3 Å². The molecule has 0 amide bonds. The normalized spacial score (nSPS) is 12.0. The zero-order valence-corrected chi connectivity index (χ0v) is 22.5. The highest BCUT2D eigenvalue weighted by Gasteiger charge is 2.23. The van der Waals surface area contributed by atoms with E-state index in [0.29, 0.717) is 10.8 Å². The fourth-order valence-corrected chi connectivity index (χ4v) is 7.15. The molecule has 0 atom stereocenters. The van der Waals surface area contributed by atoms with Gasteiger partial charge >= 0.3 is 0 Å². The first kappa shape index (κ1) is 23.4. The van der Waals surface area contributed by atoms with Crippen LogP contribution in [0.5, 0.6) is 0 Å². The molecule has 196 valence electrons. The molecule has 0 nitrogen and oxygen atoms in total. The van der Waals surface area contributed by atoms with E-state index in [0.717, 1.165) is 33.0 Å². The van der Waals surface area contributed by atoms with Gasteiger partial charge < -0.3 is 0 Å². The van der Waals surface area contributed by atoms with E-state index in [1.165, 1.54) is 55.2 Å².